The Balaban J connectivity index is 1.25. The van der Waals surface area contributed by atoms with Crippen molar-refractivity contribution in [3.8, 4) is 0 Å². The fraction of sp³-hybridized carbons (Fsp3) is 0.500. The number of imidazole rings is 1. The van der Waals surface area contributed by atoms with Crippen LogP contribution in [-0.2, 0) is 6.42 Å². The summed E-state index contributed by atoms with van der Waals surface area (Å²) >= 11 is 0. The number of nitrogens with one attached hydrogen (secondary N) is 2. The Kier molecular flexibility index (Phi) is 5.29. The molecule has 27 heavy (non-hydrogen) atoms. The Hall–Kier alpha value is -2.54. The average Bonchev–Trinajstić information content (AvgIpc) is 3.33. The number of rotatable bonds is 6. The van der Waals surface area contributed by atoms with Gasteiger partial charge in [0.1, 0.15) is 0 Å². The van der Waals surface area contributed by atoms with Gasteiger partial charge in [0.05, 0.1) is 6.33 Å². The van der Waals surface area contributed by atoms with Crippen LogP contribution < -0.4 is 15.1 Å². The second-order valence-electron chi connectivity index (χ2n) is 7.41. The van der Waals surface area contributed by atoms with Crippen molar-refractivity contribution in [3.05, 3.63) is 42.5 Å². The third-order valence-electron chi connectivity index (χ3n) is 5.62. The number of aromatic amines is 1. The molecule has 1 aromatic carbocycles. The molecule has 0 radical (unpaired) electrons. The fourth-order valence-electron chi connectivity index (χ4n) is 3.90. The summed E-state index contributed by atoms with van der Waals surface area (Å²) in [5, 5.41) is 3.66. The van der Waals surface area contributed by atoms with Gasteiger partial charge < -0.3 is 20.1 Å². The van der Waals surface area contributed by atoms with Crippen LogP contribution in [0, 0.1) is 0 Å². The highest BCUT2D eigenvalue weighted by Crippen LogP contribution is 2.25. The number of aromatic nitrogens is 2. The van der Waals surface area contributed by atoms with Crippen LogP contribution in [0.4, 0.5) is 16.2 Å². The zero-order valence-corrected chi connectivity index (χ0v) is 15.9. The summed E-state index contributed by atoms with van der Waals surface area (Å²) in [6, 6.07) is 9.10. The maximum atomic E-state index is 12.1. The molecular formula is C20H28N6O. The molecule has 4 rings (SSSR count). The number of urea groups is 1. The van der Waals surface area contributed by atoms with Crippen molar-refractivity contribution < 1.29 is 4.79 Å². The highest BCUT2D eigenvalue weighted by atomic mass is 16.2. The molecule has 0 spiro atoms. The quantitative estimate of drug-likeness (QED) is 0.819. The summed E-state index contributed by atoms with van der Waals surface area (Å²) in [4.78, 5) is 25.4. The monoisotopic (exact) mass is 368 g/mol. The molecule has 2 aliphatic rings. The molecule has 2 amide bonds. The summed E-state index contributed by atoms with van der Waals surface area (Å²) in [7, 11) is 1.85. The minimum absolute atomic E-state index is 0.0877. The first-order chi connectivity index (χ1) is 13.2. The van der Waals surface area contributed by atoms with E-state index in [9.17, 15) is 4.79 Å². The van der Waals surface area contributed by atoms with Crippen LogP contribution in [0.3, 0.4) is 0 Å². The Morgan fingerprint density at radius 3 is 2.48 bits per heavy atom. The van der Waals surface area contributed by atoms with Crippen molar-refractivity contribution in [2.24, 2.45) is 0 Å². The van der Waals surface area contributed by atoms with Gasteiger partial charge in [0, 0.05) is 75.5 Å². The lowest BCUT2D eigenvalue weighted by atomic mass is 10.0. The normalized spacial score (nSPS) is 18.6. The van der Waals surface area contributed by atoms with Gasteiger partial charge in [-0.2, -0.15) is 0 Å². The molecule has 2 aromatic rings. The van der Waals surface area contributed by atoms with Gasteiger partial charge in [0.15, 0.2) is 0 Å². The maximum absolute atomic E-state index is 12.1. The Morgan fingerprint density at radius 1 is 1.11 bits per heavy atom. The lowest BCUT2D eigenvalue weighted by molar-refractivity contribution is 0.229. The molecule has 0 atom stereocenters. The lowest BCUT2D eigenvalue weighted by Crippen LogP contribution is -2.43. The van der Waals surface area contributed by atoms with Crippen LogP contribution in [0.15, 0.2) is 36.8 Å². The summed E-state index contributed by atoms with van der Waals surface area (Å²) in [6.07, 6.45) is 6.92. The van der Waals surface area contributed by atoms with Crippen molar-refractivity contribution in [3.63, 3.8) is 0 Å². The number of anilines is 2. The number of carbonyl (C=O) groups is 1. The van der Waals surface area contributed by atoms with Crippen LogP contribution in [-0.4, -0.2) is 66.7 Å². The molecule has 2 fully saturated rings. The number of benzene rings is 1. The van der Waals surface area contributed by atoms with Crippen LogP contribution in [0.5, 0.6) is 0 Å². The van der Waals surface area contributed by atoms with Gasteiger partial charge in [-0.3, -0.25) is 4.90 Å². The number of carbonyl (C=O) groups excluding carboxylic acids is 1. The van der Waals surface area contributed by atoms with Gasteiger partial charge in [0.2, 0.25) is 0 Å². The first-order valence-corrected chi connectivity index (χ1v) is 9.79. The minimum Gasteiger partial charge on any atom is -0.371 e. The van der Waals surface area contributed by atoms with Crippen LogP contribution in [0.2, 0.25) is 0 Å². The van der Waals surface area contributed by atoms with Gasteiger partial charge in [-0.25, -0.2) is 9.78 Å². The van der Waals surface area contributed by atoms with E-state index in [1.807, 2.05) is 18.1 Å². The predicted octanol–water partition coefficient (Wildman–Crippen LogP) is 2.08. The Morgan fingerprint density at radius 2 is 1.85 bits per heavy atom. The molecule has 144 valence electrons. The van der Waals surface area contributed by atoms with Gasteiger partial charge in [-0.15, -0.1) is 0 Å². The van der Waals surface area contributed by atoms with E-state index in [0.29, 0.717) is 6.04 Å². The molecule has 3 heterocycles. The van der Waals surface area contributed by atoms with Crippen LogP contribution >= 0.6 is 0 Å². The number of piperidine rings is 1. The molecule has 2 aliphatic heterocycles. The molecule has 0 aliphatic carbocycles. The summed E-state index contributed by atoms with van der Waals surface area (Å²) in [6.45, 7) is 4.67. The van der Waals surface area contributed by atoms with Crippen molar-refractivity contribution in [1.29, 1.82) is 0 Å². The van der Waals surface area contributed by atoms with Gasteiger partial charge in [-0.05, 0) is 37.1 Å². The summed E-state index contributed by atoms with van der Waals surface area (Å²) in [5.41, 5.74) is 3.42. The zero-order valence-electron chi connectivity index (χ0n) is 15.9. The molecule has 1 aromatic heterocycles. The number of hydrogen-bond donors (Lipinski definition) is 2. The summed E-state index contributed by atoms with van der Waals surface area (Å²) in [5.74, 6) is 0. The highest BCUT2D eigenvalue weighted by Gasteiger charge is 2.26. The standard InChI is InChI=1S/C20H28N6O/c1-24-12-13-26(20(24)27)19-4-2-18(3-5-19)25-10-7-16(8-11-25)22-9-6-17-14-21-15-23-17/h2-5,14-16,22H,6-13H2,1H3,(H,21,23). The first kappa shape index (κ1) is 17.9. The van der Waals surface area contributed by atoms with Crippen molar-refractivity contribution in [1.82, 2.24) is 20.2 Å². The molecule has 7 heteroatoms. The van der Waals surface area contributed by atoms with Gasteiger partial charge >= 0.3 is 6.03 Å². The van der Waals surface area contributed by atoms with Crippen LogP contribution in [0.1, 0.15) is 18.5 Å². The Labute approximate surface area is 160 Å². The molecule has 7 nitrogen and oxygen atoms in total. The number of likely N-dealkylation sites (N-methyl/N-ethyl adjacent to an activating group) is 1. The zero-order chi connectivity index (χ0) is 18.6. The smallest absolute Gasteiger partial charge is 0.324 e. The third-order valence-corrected chi connectivity index (χ3v) is 5.62. The van der Waals surface area contributed by atoms with Gasteiger partial charge in [-0.1, -0.05) is 0 Å². The highest BCUT2D eigenvalue weighted by molar-refractivity contribution is 5.94. The second-order valence-corrected chi connectivity index (χ2v) is 7.41. The van der Waals surface area contributed by atoms with E-state index in [2.05, 4.69) is 44.5 Å². The maximum Gasteiger partial charge on any atom is 0.324 e. The molecule has 0 bridgehead atoms. The van der Waals surface area contributed by atoms with Crippen LogP contribution in [0.25, 0.3) is 0 Å². The van der Waals surface area contributed by atoms with Crippen molar-refractivity contribution >= 4 is 17.4 Å². The molecule has 0 saturated carbocycles. The number of H-pyrrole nitrogens is 1. The van der Waals surface area contributed by atoms with E-state index in [0.717, 1.165) is 57.7 Å². The Bertz CT molecular complexity index is 736. The topological polar surface area (TPSA) is 67.5 Å². The number of hydrogen-bond acceptors (Lipinski definition) is 4. The van der Waals surface area contributed by atoms with Crippen molar-refractivity contribution in [2.75, 3.05) is 49.6 Å². The summed E-state index contributed by atoms with van der Waals surface area (Å²) < 4.78 is 0. The molecule has 2 saturated heterocycles. The molecular weight excluding hydrogens is 340 g/mol. The van der Waals surface area contributed by atoms with Crippen molar-refractivity contribution in [2.45, 2.75) is 25.3 Å². The van der Waals surface area contributed by atoms with E-state index in [1.165, 1.54) is 11.4 Å². The second kappa shape index (κ2) is 8.00. The third kappa shape index (κ3) is 4.08. The van der Waals surface area contributed by atoms with E-state index >= 15 is 0 Å². The van der Waals surface area contributed by atoms with E-state index in [1.54, 1.807) is 11.2 Å². The number of amides is 2. The molecule has 2 N–H and O–H groups in total. The fourth-order valence-corrected chi connectivity index (χ4v) is 3.90. The first-order valence-electron chi connectivity index (χ1n) is 9.79. The van der Waals surface area contributed by atoms with E-state index in [4.69, 9.17) is 0 Å². The largest absolute Gasteiger partial charge is 0.371 e. The lowest BCUT2D eigenvalue weighted by Gasteiger charge is -2.34. The molecule has 0 unspecified atom stereocenters. The number of nitrogens with zero attached hydrogens (tertiary/aromatic N) is 4. The van der Waals surface area contributed by atoms with Gasteiger partial charge in [0.25, 0.3) is 0 Å². The van der Waals surface area contributed by atoms with E-state index < -0.39 is 0 Å². The SMILES string of the molecule is CN1CCN(c2ccc(N3CCC(NCCc4cnc[nH]4)CC3)cc2)C1=O. The van der Waals surface area contributed by atoms with E-state index in [-0.39, 0.29) is 6.03 Å². The minimum atomic E-state index is 0.0877. The average molecular weight is 368 g/mol. The predicted molar refractivity (Wildman–Crippen MR) is 107 cm³/mol.